The first kappa shape index (κ1) is 14.3. The van der Waals surface area contributed by atoms with Gasteiger partial charge < -0.3 is 9.84 Å². The Bertz CT molecular complexity index is 542. The molecule has 0 radical (unpaired) electrons. The lowest BCUT2D eigenvalue weighted by atomic mass is 10.0. The highest BCUT2D eigenvalue weighted by atomic mass is 16.5. The maximum atomic E-state index is 10.2. The smallest absolute Gasteiger partial charge is 0.102 e. The van der Waals surface area contributed by atoms with Crippen LogP contribution >= 0.6 is 0 Å². The van der Waals surface area contributed by atoms with Crippen LogP contribution in [-0.2, 0) is 4.74 Å². The fourth-order valence-corrected chi connectivity index (χ4v) is 2.91. The van der Waals surface area contributed by atoms with Crippen molar-refractivity contribution in [1.29, 1.82) is 0 Å². The van der Waals surface area contributed by atoms with E-state index in [9.17, 15) is 5.11 Å². The quantitative estimate of drug-likeness (QED) is 0.883. The summed E-state index contributed by atoms with van der Waals surface area (Å²) in [6, 6.07) is 18.4. The van der Waals surface area contributed by atoms with Gasteiger partial charge in [0.1, 0.15) is 6.10 Å². The summed E-state index contributed by atoms with van der Waals surface area (Å²) in [6.07, 6.45) is 4.61. The SMILES string of the molecule is OC(COC1CCCC1)c1ccc(-c2ccccc2)cc1. The molecule has 1 fully saturated rings. The van der Waals surface area contributed by atoms with Gasteiger partial charge in [-0.1, -0.05) is 67.4 Å². The first-order chi connectivity index (χ1) is 10.3. The molecular formula is C19H22O2. The normalized spacial score (nSPS) is 17.0. The summed E-state index contributed by atoms with van der Waals surface area (Å²) in [5.74, 6) is 0. The third kappa shape index (κ3) is 3.72. The van der Waals surface area contributed by atoms with Gasteiger partial charge in [-0.3, -0.25) is 0 Å². The van der Waals surface area contributed by atoms with Crippen molar-refractivity contribution in [1.82, 2.24) is 0 Å². The fraction of sp³-hybridized carbons (Fsp3) is 0.368. The predicted octanol–water partition coefficient (Wildman–Crippen LogP) is 4.35. The van der Waals surface area contributed by atoms with E-state index in [1.807, 2.05) is 30.3 Å². The van der Waals surface area contributed by atoms with Gasteiger partial charge >= 0.3 is 0 Å². The van der Waals surface area contributed by atoms with Gasteiger partial charge in [-0.05, 0) is 29.5 Å². The Balaban J connectivity index is 1.60. The minimum absolute atomic E-state index is 0.350. The first-order valence-corrected chi connectivity index (χ1v) is 7.78. The molecule has 1 atom stereocenters. The van der Waals surface area contributed by atoms with Crippen molar-refractivity contribution >= 4 is 0 Å². The molecule has 0 aromatic heterocycles. The van der Waals surface area contributed by atoms with Crippen LogP contribution in [0.5, 0.6) is 0 Å². The summed E-state index contributed by atoms with van der Waals surface area (Å²) < 4.78 is 5.78. The van der Waals surface area contributed by atoms with E-state index in [1.54, 1.807) is 0 Å². The molecule has 2 aromatic rings. The minimum atomic E-state index is -0.532. The second kappa shape index (κ2) is 6.88. The van der Waals surface area contributed by atoms with Gasteiger partial charge in [-0.15, -0.1) is 0 Å². The van der Waals surface area contributed by atoms with E-state index in [1.165, 1.54) is 24.0 Å². The third-order valence-corrected chi connectivity index (χ3v) is 4.19. The summed E-state index contributed by atoms with van der Waals surface area (Å²) in [7, 11) is 0. The summed E-state index contributed by atoms with van der Waals surface area (Å²) in [5, 5.41) is 10.2. The van der Waals surface area contributed by atoms with Crippen LogP contribution in [0.25, 0.3) is 11.1 Å². The highest BCUT2D eigenvalue weighted by Crippen LogP contribution is 2.24. The summed E-state index contributed by atoms with van der Waals surface area (Å²) in [4.78, 5) is 0. The minimum Gasteiger partial charge on any atom is -0.386 e. The largest absolute Gasteiger partial charge is 0.386 e. The van der Waals surface area contributed by atoms with Gasteiger partial charge in [0.15, 0.2) is 0 Å². The van der Waals surface area contributed by atoms with E-state index >= 15 is 0 Å². The molecule has 1 aliphatic rings. The highest BCUT2D eigenvalue weighted by molar-refractivity contribution is 5.63. The number of hydrogen-bond donors (Lipinski definition) is 1. The van der Waals surface area contributed by atoms with Crippen LogP contribution in [0.3, 0.4) is 0 Å². The molecular weight excluding hydrogens is 260 g/mol. The molecule has 0 aliphatic heterocycles. The Hall–Kier alpha value is -1.64. The van der Waals surface area contributed by atoms with Crippen molar-refractivity contribution in [2.24, 2.45) is 0 Å². The lowest BCUT2D eigenvalue weighted by Gasteiger charge is -2.16. The molecule has 0 bridgehead atoms. The van der Waals surface area contributed by atoms with Gasteiger partial charge in [-0.2, -0.15) is 0 Å². The third-order valence-electron chi connectivity index (χ3n) is 4.19. The number of rotatable bonds is 5. The first-order valence-electron chi connectivity index (χ1n) is 7.78. The summed E-state index contributed by atoms with van der Waals surface area (Å²) in [5.41, 5.74) is 3.29. The molecule has 0 saturated heterocycles. The van der Waals surface area contributed by atoms with E-state index in [0.717, 1.165) is 18.4 Å². The topological polar surface area (TPSA) is 29.5 Å². The van der Waals surface area contributed by atoms with Crippen LogP contribution in [0.15, 0.2) is 54.6 Å². The monoisotopic (exact) mass is 282 g/mol. The average molecular weight is 282 g/mol. The number of benzene rings is 2. The Morgan fingerprint density at radius 1 is 0.905 bits per heavy atom. The van der Waals surface area contributed by atoms with Crippen molar-refractivity contribution in [3.8, 4) is 11.1 Å². The second-order valence-electron chi connectivity index (χ2n) is 5.74. The van der Waals surface area contributed by atoms with Crippen LogP contribution < -0.4 is 0 Å². The molecule has 2 aromatic carbocycles. The zero-order valence-electron chi connectivity index (χ0n) is 12.2. The highest BCUT2D eigenvalue weighted by Gasteiger charge is 2.17. The maximum absolute atomic E-state index is 10.2. The van der Waals surface area contributed by atoms with Crippen molar-refractivity contribution in [3.05, 3.63) is 60.2 Å². The van der Waals surface area contributed by atoms with Crippen molar-refractivity contribution in [2.75, 3.05) is 6.61 Å². The second-order valence-corrected chi connectivity index (χ2v) is 5.74. The molecule has 0 amide bonds. The van der Waals surface area contributed by atoms with Gasteiger partial charge in [0.05, 0.1) is 12.7 Å². The molecule has 2 nitrogen and oxygen atoms in total. The average Bonchev–Trinajstić information content (AvgIpc) is 3.07. The van der Waals surface area contributed by atoms with E-state index in [4.69, 9.17) is 4.74 Å². The molecule has 110 valence electrons. The van der Waals surface area contributed by atoms with Crippen LogP contribution in [0.4, 0.5) is 0 Å². The van der Waals surface area contributed by atoms with Crippen molar-refractivity contribution in [2.45, 2.75) is 37.9 Å². The Morgan fingerprint density at radius 3 is 2.19 bits per heavy atom. The van der Waals surface area contributed by atoms with Crippen LogP contribution in [0.1, 0.15) is 37.4 Å². The predicted molar refractivity (Wildman–Crippen MR) is 85.0 cm³/mol. The van der Waals surface area contributed by atoms with Gasteiger partial charge in [0, 0.05) is 0 Å². The van der Waals surface area contributed by atoms with Gasteiger partial charge in [0.25, 0.3) is 0 Å². The van der Waals surface area contributed by atoms with E-state index in [0.29, 0.717) is 12.7 Å². The number of aliphatic hydroxyl groups is 1. The molecule has 1 aliphatic carbocycles. The Labute approximate surface area is 126 Å². The zero-order valence-corrected chi connectivity index (χ0v) is 12.2. The Morgan fingerprint density at radius 2 is 1.52 bits per heavy atom. The Kier molecular flexibility index (Phi) is 4.69. The molecule has 0 spiro atoms. The number of hydrogen-bond acceptors (Lipinski definition) is 2. The number of aliphatic hydroxyl groups excluding tert-OH is 1. The zero-order chi connectivity index (χ0) is 14.5. The fourth-order valence-electron chi connectivity index (χ4n) is 2.91. The maximum Gasteiger partial charge on any atom is 0.102 e. The van der Waals surface area contributed by atoms with Gasteiger partial charge in [-0.25, -0.2) is 0 Å². The standard InChI is InChI=1S/C19H22O2/c20-19(14-21-18-8-4-5-9-18)17-12-10-16(11-13-17)15-6-2-1-3-7-15/h1-3,6-7,10-13,18-20H,4-5,8-9,14H2. The van der Waals surface area contributed by atoms with E-state index in [-0.39, 0.29) is 0 Å². The molecule has 1 unspecified atom stereocenters. The number of ether oxygens (including phenoxy) is 1. The van der Waals surface area contributed by atoms with E-state index in [2.05, 4.69) is 24.3 Å². The molecule has 0 heterocycles. The summed E-state index contributed by atoms with van der Waals surface area (Å²) in [6.45, 7) is 0.398. The summed E-state index contributed by atoms with van der Waals surface area (Å²) >= 11 is 0. The van der Waals surface area contributed by atoms with Gasteiger partial charge in [0.2, 0.25) is 0 Å². The van der Waals surface area contributed by atoms with Crippen molar-refractivity contribution < 1.29 is 9.84 Å². The molecule has 2 heteroatoms. The molecule has 1 N–H and O–H groups in total. The molecule has 3 rings (SSSR count). The van der Waals surface area contributed by atoms with Crippen LogP contribution in [-0.4, -0.2) is 17.8 Å². The van der Waals surface area contributed by atoms with Crippen LogP contribution in [0, 0.1) is 0 Å². The molecule has 21 heavy (non-hydrogen) atoms. The van der Waals surface area contributed by atoms with Crippen LogP contribution in [0.2, 0.25) is 0 Å². The van der Waals surface area contributed by atoms with Crippen molar-refractivity contribution in [3.63, 3.8) is 0 Å². The lowest BCUT2D eigenvalue weighted by Crippen LogP contribution is -2.14. The van der Waals surface area contributed by atoms with E-state index < -0.39 is 6.10 Å². The lowest BCUT2D eigenvalue weighted by molar-refractivity contribution is -0.00698. The molecule has 1 saturated carbocycles.